The molecule has 0 fully saturated rings. The lowest BCUT2D eigenvalue weighted by Gasteiger charge is -2.15. The molecule has 3 aromatic rings. The minimum Gasteiger partial charge on any atom is -0.378 e. The first-order valence-electron chi connectivity index (χ1n) is 9.56. The first-order valence-corrected chi connectivity index (χ1v) is 10.3. The number of carbonyl (C=O) groups is 1. The summed E-state index contributed by atoms with van der Waals surface area (Å²) in [4.78, 5) is 14.7. The Kier molecular flexibility index (Phi) is 6.74. The van der Waals surface area contributed by atoms with Crippen LogP contribution in [0.15, 0.2) is 54.1 Å². The van der Waals surface area contributed by atoms with Gasteiger partial charge in [-0.05, 0) is 68.0 Å². The van der Waals surface area contributed by atoms with E-state index in [2.05, 4.69) is 9.88 Å². The molecule has 0 atom stereocenters. The van der Waals surface area contributed by atoms with Gasteiger partial charge in [0.25, 0.3) is 5.91 Å². The van der Waals surface area contributed by atoms with E-state index in [1.54, 1.807) is 24.3 Å². The van der Waals surface area contributed by atoms with Crippen molar-refractivity contribution in [2.45, 2.75) is 13.8 Å². The van der Waals surface area contributed by atoms with Crippen molar-refractivity contribution in [2.24, 2.45) is 0 Å². The third-order valence-electron chi connectivity index (χ3n) is 4.96. The number of hydrogen-bond acceptors (Lipinski definition) is 3. The number of nitriles is 1. The number of carbonyl (C=O) groups excluding carboxylic acids is 1. The molecule has 158 valence electrons. The van der Waals surface area contributed by atoms with Crippen LogP contribution >= 0.6 is 23.2 Å². The molecular weight excluding hydrogens is 431 g/mol. The molecule has 5 nitrogen and oxygen atoms in total. The Morgan fingerprint density at radius 2 is 1.81 bits per heavy atom. The Labute approximate surface area is 192 Å². The van der Waals surface area contributed by atoms with Crippen molar-refractivity contribution < 1.29 is 4.79 Å². The zero-order chi connectivity index (χ0) is 22.7. The molecule has 1 N–H and O–H groups in total. The second-order valence-electron chi connectivity index (χ2n) is 7.30. The van der Waals surface area contributed by atoms with Crippen LogP contribution in [0.5, 0.6) is 0 Å². The lowest BCUT2D eigenvalue weighted by molar-refractivity contribution is -0.112. The molecule has 0 saturated carbocycles. The van der Waals surface area contributed by atoms with Gasteiger partial charge in [0.1, 0.15) is 11.6 Å². The largest absolute Gasteiger partial charge is 0.378 e. The van der Waals surface area contributed by atoms with E-state index in [1.807, 2.05) is 69.2 Å². The monoisotopic (exact) mass is 452 g/mol. The Hall–Kier alpha value is -3.20. The first-order chi connectivity index (χ1) is 14.7. The van der Waals surface area contributed by atoms with E-state index in [-0.39, 0.29) is 10.6 Å². The quantitative estimate of drug-likeness (QED) is 0.380. The van der Waals surface area contributed by atoms with Gasteiger partial charge in [0.15, 0.2) is 0 Å². The van der Waals surface area contributed by atoms with Crippen molar-refractivity contribution in [3.8, 4) is 11.8 Å². The summed E-state index contributed by atoms with van der Waals surface area (Å²) >= 11 is 12.1. The lowest BCUT2D eigenvalue weighted by Crippen LogP contribution is -2.13. The van der Waals surface area contributed by atoms with Crippen LogP contribution in [0.25, 0.3) is 11.8 Å². The zero-order valence-electron chi connectivity index (χ0n) is 17.7. The predicted octanol–water partition coefficient (Wildman–Crippen LogP) is 6.01. The van der Waals surface area contributed by atoms with Gasteiger partial charge in [0.05, 0.1) is 15.7 Å². The third kappa shape index (κ3) is 4.77. The fourth-order valence-electron chi connectivity index (χ4n) is 3.32. The predicted molar refractivity (Wildman–Crippen MR) is 128 cm³/mol. The van der Waals surface area contributed by atoms with Gasteiger partial charge in [-0.1, -0.05) is 29.3 Å². The Morgan fingerprint density at radius 1 is 1.13 bits per heavy atom. The highest BCUT2D eigenvalue weighted by atomic mass is 35.5. The van der Waals surface area contributed by atoms with Crippen LogP contribution in [0.1, 0.15) is 17.0 Å². The van der Waals surface area contributed by atoms with Crippen molar-refractivity contribution in [1.29, 1.82) is 5.26 Å². The summed E-state index contributed by atoms with van der Waals surface area (Å²) in [7, 11) is 3.99. The van der Waals surface area contributed by atoms with Crippen molar-refractivity contribution in [1.82, 2.24) is 4.57 Å². The summed E-state index contributed by atoms with van der Waals surface area (Å²) in [5.41, 5.74) is 5.15. The average molecular weight is 453 g/mol. The molecule has 0 spiro atoms. The van der Waals surface area contributed by atoms with Crippen LogP contribution in [0.4, 0.5) is 11.4 Å². The first kappa shape index (κ1) is 22.5. The van der Waals surface area contributed by atoms with Gasteiger partial charge in [-0.3, -0.25) is 4.79 Å². The highest BCUT2D eigenvalue weighted by molar-refractivity contribution is 6.44. The molecule has 0 aliphatic carbocycles. The highest BCUT2D eigenvalue weighted by Gasteiger charge is 2.15. The van der Waals surface area contributed by atoms with E-state index in [9.17, 15) is 10.1 Å². The molecule has 2 aromatic carbocycles. The van der Waals surface area contributed by atoms with Gasteiger partial charge in [-0.2, -0.15) is 5.26 Å². The van der Waals surface area contributed by atoms with Gasteiger partial charge in [0, 0.05) is 36.9 Å². The van der Waals surface area contributed by atoms with Crippen molar-refractivity contribution in [3.63, 3.8) is 0 Å². The van der Waals surface area contributed by atoms with E-state index in [0.29, 0.717) is 10.7 Å². The SMILES string of the molecule is Cc1cc(/C=C(/C#N)C(=O)Nc2cccc(Cl)c2Cl)c(C)n1-c1ccc(N(C)C)cc1. The second kappa shape index (κ2) is 9.30. The van der Waals surface area contributed by atoms with Crippen molar-refractivity contribution in [3.05, 3.63) is 81.1 Å². The number of rotatable bonds is 5. The molecule has 0 bridgehead atoms. The summed E-state index contributed by atoms with van der Waals surface area (Å²) < 4.78 is 2.09. The molecule has 7 heteroatoms. The van der Waals surface area contributed by atoms with E-state index in [0.717, 1.165) is 28.3 Å². The van der Waals surface area contributed by atoms with Crippen LogP contribution in [-0.4, -0.2) is 24.6 Å². The molecule has 0 aliphatic rings. The fourth-order valence-corrected chi connectivity index (χ4v) is 3.67. The van der Waals surface area contributed by atoms with Gasteiger partial charge in [-0.25, -0.2) is 0 Å². The maximum Gasteiger partial charge on any atom is 0.266 e. The molecule has 0 radical (unpaired) electrons. The van der Waals surface area contributed by atoms with Gasteiger partial charge >= 0.3 is 0 Å². The number of halogens is 2. The summed E-state index contributed by atoms with van der Waals surface area (Å²) in [6, 6.07) is 17.0. The van der Waals surface area contributed by atoms with E-state index in [1.165, 1.54) is 0 Å². The average Bonchev–Trinajstić information content (AvgIpc) is 3.02. The summed E-state index contributed by atoms with van der Waals surface area (Å²) in [5.74, 6) is -0.549. The summed E-state index contributed by atoms with van der Waals surface area (Å²) in [5, 5.41) is 12.8. The van der Waals surface area contributed by atoms with E-state index in [4.69, 9.17) is 23.2 Å². The number of aromatic nitrogens is 1. The van der Waals surface area contributed by atoms with Crippen molar-refractivity contribution >= 4 is 46.6 Å². The normalized spacial score (nSPS) is 11.2. The molecule has 0 aliphatic heterocycles. The minimum atomic E-state index is -0.549. The third-order valence-corrected chi connectivity index (χ3v) is 5.78. The Morgan fingerprint density at radius 3 is 2.42 bits per heavy atom. The zero-order valence-corrected chi connectivity index (χ0v) is 19.2. The maximum atomic E-state index is 12.7. The summed E-state index contributed by atoms with van der Waals surface area (Å²) in [6.45, 7) is 3.95. The summed E-state index contributed by atoms with van der Waals surface area (Å²) in [6.07, 6.45) is 1.58. The van der Waals surface area contributed by atoms with Crippen LogP contribution < -0.4 is 10.2 Å². The Balaban J connectivity index is 1.93. The van der Waals surface area contributed by atoms with Crippen LogP contribution in [0.3, 0.4) is 0 Å². The van der Waals surface area contributed by atoms with E-state index < -0.39 is 5.91 Å². The molecule has 0 saturated heterocycles. The van der Waals surface area contributed by atoms with Gasteiger partial charge in [-0.15, -0.1) is 0 Å². The smallest absolute Gasteiger partial charge is 0.266 e. The standard InChI is InChI=1S/C24H22Cl2N4O/c1-15-12-17(16(2)30(15)20-10-8-19(9-11-20)29(3)4)13-18(14-27)24(31)28-22-7-5-6-21(25)23(22)26/h5-13H,1-4H3,(H,28,31)/b18-13-. The number of nitrogens with one attached hydrogen (secondary N) is 1. The fraction of sp³-hybridized carbons (Fsp3) is 0.167. The topological polar surface area (TPSA) is 61.1 Å². The number of aryl methyl sites for hydroxylation is 1. The molecule has 3 rings (SSSR count). The van der Waals surface area contributed by atoms with E-state index >= 15 is 0 Å². The lowest BCUT2D eigenvalue weighted by atomic mass is 10.1. The van der Waals surface area contributed by atoms with Crippen LogP contribution in [-0.2, 0) is 4.79 Å². The van der Waals surface area contributed by atoms with Crippen LogP contribution in [0, 0.1) is 25.2 Å². The van der Waals surface area contributed by atoms with Crippen molar-refractivity contribution in [2.75, 3.05) is 24.3 Å². The maximum absolute atomic E-state index is 12.7. The molecule has 0 unspecified atom stereocenters. The number of nitrogens with zero attached hydrogens (tertiary/aromatic N) is 3. The molecule has 1 amide bonds. The van der Waals surface area contributed by atoms with Gasteiger partial charge in [0.2, 0.25) is 0 Å². The number of amides is 1. The molecular formula is C24H22Cl2N4O. The Bertz CT molecular complexity index is 1200. The number of hydrogen-bond donors (Lipinski definition) is 1. The highest BCUT2D eigenvalue weighted by Crippen LogP contribution is 2.30. The molecule has 31 heavy (non-hydrogen) atoms. The van der Waals surface area contributed by atoms with Gasteiger partial charge < -0.3 is 14.8 Å². The van der Waals surface area contributed by atoms with Crippen LogP contribution in [0.2, 0.25) is 10.0 Å². The number of anilines is 2. The minimum absolute atomic E-state index is 0.0285. The molecule has 1 aromatic heterocycles. The molecule has 1 heterocycles. The number of benzene rings is 2. The second-order valence-corrected chi connectivity index (χ2v) is 8.08.